The van der Waals surface area contributed by atoms with E-state index in [1.54, 1.807) is 0 Å². The molecule has 1 aromatic carbocycles. The number of aromatic nitrogens is 3. The maximum Gasteiger partial charge on any atom is 0.200 e. The molecule has 0 radical (unpaired) electrons. The third-order valence-corrected chi connectivity index (χ3v) is 4.36. The summed E-state index contributed by atoms with van der Waals surface area (Å²) >= 11 is 0. The number of piperidine rings is 1. The van der Waals surface area contributed by atoms with E-state index in [0.29, 0.717) is 5.92 Å². The van der Waals surface area contributed by atoms with Gasteiger partial charge in [-0.25, -0.2) is 15.0 Å². The molecule has 1 unspecified atom stereocenters. The van der Waals surface area contributed by atoms with Crippen LogP contribution < -0.4 is 4.90 Å². The molecular weight excluding hydrogens is 288 g/mol. The maximum absolute atomic E-state index is 5.97. The molecule has 3 heterocycles. The van der Waals surface area contributed by atoms with Crippen LogP contribution >= 0.6 is 0 Å². The fourth-order valence-corrected chi connectivity index (χ4v) is 3.31. The number of anilines is 1. The van der Waals surface area contributed by atoms with Gasteiger partial charge in [-0.3, -0.25) is 0 Å². The molecule has 0 saturated carbocycles. The van der Waals surface area contributed by atoms with Gasteiger partial charge >= 0.3 is 0 Å². The summed E-state index contributed by atoms with van der Waals surface area (Å²) in [6.07, 6.45) is 2.22. The van der Waals surface area contributed by atoms with Gasteiger partial charge in [0, 0.05) is 24.8 Å². The molecule has 1 saturated heterocycles. The lowest BCUT2D eigenvalue weighted by molar-refractivity contribution is 0.412. The number of aryl methyl sites for hydroxylation is 2. The Morgan fingerprint density at radius 2 is 2.00 bits per heavy atom. The number of benzene rings is 1. The number of para-hydroxylation sites is 2. The van der Waals surface area contributed by atoms with Gasteiger partial charge in [0.1, 0.15) is 17.2 Å². The second-order valence-corrected chi connectivity index (χ2v) is 6.22. The Morgan fingerprint density at radius 1 is 1.13 bits per heavy atom. The molecule has 118 valence electrons. The lowest BCUT2D eigenvalue weighted by atomic mass is 9.98. The van der Waals surface area contributed by atoms with E-state index < -0.39 is 0 Å². The van der Waals surface area contributed by atoms with Crippen molar-refractivity contribution in [2.24, 2.45) is 0 Å². The highest BCUT2D eigenvalue weighted by Crippen LogP contribution is 2.30. The molecule has 23 heavy (non-hydrogen) atoms. The summed E-state index contributed by atoms with van der Waals surface area (Å²) in [5, 5.41) is 0. The van der Waals surface area contributed by atoms with Crippen LogP contribution in [0.5, 0.6) is 0 Å². The summed E-state index contributed by atoms with van der Waals surface area (Å²) in [6.45, 7) is 5.87. The van der Waals surface area contributed by atoms with Gasteiger partial charge in [0.05, 0.1) is 5.92 Å². The van der Waals surface area contributed by atoms with E-state index in [0.717, 1.165) is 60.3 Å². The summed E-state index contributed by atoms with van der Waals surface area (Å²) < 4.78 is 5.97. The molecule has 3 aromatic rings. The van der Waals surface area contributed by atoms with Gasteiger partial charge in [-0.05, 0) is 38.8 Å². The molecule has 0 spiro atoms. The van der Waals surface area contributed by atoms with Crippen molar-refractivity contribution >= 4 is 16.9 Å². The largest absolute Gasteiger partial charge is 0.440 e. The molecule has 2 aromatic heterocycles. The lowest BCUT2D eigenvalue weighted by Crippen LogP contribution is -2.35. The highest BCUT2D eigenvalue weighted by atomic mass is 16.3. The van der Waals surface area contributed by atoms with Crippen LogP contribution in [0.1, 0.15) is 36.2 Å². The summed E-state index contributed by atoms with van der Waals surface area (Å²) in [6, 6.07) is 10.0. The van der Waals surface area contributed by atoms with Crippen LogP contribution in [0.15, 0.2) is 34.7 Å². The first-order chi connectivity index (χ1) is 11.2. The number of nitrogens with zero attached hydrogens (tertiary/aromatic N) is 4. The van der Waals surface area contributed by atoms with Crippen LogP contribution in [0.25, 0.3) is 11.1 Å². The fraction of sp³-hybridized carbons (Fsp3) is 0.389. The minimum Gasteiger partial charge on any atom is -0.440 e. The van der Waals surface area contributed by atoms with E-state index in [9.17, 15) is 0 Å². The van der Waals surface area contributed by atoms with E-state index in [4.69, 9.17) is 4.42 Å². The average molecular weight is 308 g/mol. The SMILES string of the molecule is Cc1cc(N2CCCC(c3nc4ccccc4o3)C2)nc(C)n1. The molecule has 1 fully saturated rings. The van der Waals surface area contributed by atoms with Gasteiger partial charge in [0.25, 0.3) is 0 Å². The van der Waals surface area contributed by atoms with Crippen LogP contribution in [0.3, 0.4) is 0 Å². The first-order valence-corrected chi connectivity index (χ1v) is 8.12. The van der Waals surface area contributed by atoms with E-state index in [2.05, 4.69) is 25.9 Å². The number of rotatable bonds is 2. The Balaban J connectivity index is 1.61. The Labute approximate surface area is 135 Å². The second-order valence-electron chi connectivity index (χ2n) is 6.22. The van der Waals surface area contributed by atoms with Crippen LogP contribution in [-0.4, -0.2) is 28.0 Å². The number of hydrogen-bond acceptors (Lipinski definition) is 5. The van der Waals surface area contributed by atoms with E-state index in [-0.39, 0.29) is 0 Å². The average Bonchev–Trinajstić information content (AvgIpc) is 2.98. The minimum atomic E-state index is 0.312. The van der Waals surface area contributed by atoms with Gasteiger partial charge in [-0.1, -0.05) is 12.1 Å². The smallest absolute Gasteiger partial charge is 0.200 e. The van der Waals surface area contributed by atoms with Crippen LogP contribution in [0.2, 0.25) is 0 Å². The summed E-state index contributed by atoms with van der Waals surface area (Å²) in [5.41, 5.74) is 2.82. The molecule has 0 bridgehead atoms. The topological polar surface area (TPSA) is 55.1 Å². The first kappa shape index (κ1) is 14.2. The third-order valence-electron chi connectivity index (χ3n) is 4.36. The van der Waals surface area contributed by atoms with Crippen molar-refractivity contribution in [1.82, 2.24) is 15.0 Å². The Bertz CT molecular complexity index is 789. The monoisotopic (exact) mass is 308 g/mol. The lowest BCUT2D eigenvalue weighted by Gasteiger charge is -2.32. The van der Waals surface area contributed by atoms with Gasteiger partial charge < -0.3 is 9.32 Å². The standard InChI is InChI=1S/C18H20N4O/c1-12-10-17(20-13(2)19-12)22-9-5-6-14(11-22)18-21-15-7-3-4-8-16(15)23-18/h3-4,7-8,10,14H,5-6,9,11H2,1-2H3. The zero-order valence-corrected chi connectivity index (χ0v) is 13.5. The second kappa shape index (κ2) is 5.65. The zero-order valence-electron chi connectivity index (χ0n) is 13.5. The summed E-state index contributed by atoms with van der Waals surface area (Å²) in [5.74, 6) is 2.99. The molecule has 4 rings (SSSR count). The van der Waals surface area contributed by atoms with Crippen molar-refractivity contribution in [3.63, 3.8) is 0 Å². The van der Waals surface area contributed by atoms with Crippen LogP contribution in [-0.2, 0) is 0 Å². The minimum absolute atomic E-state index is 0.312. The highest BCUT2D eigenvalue weighted by molar-refractivity contribution is 5.72. The van der Waals surface area contributed by atoms with Crippen LogP contribution in [0, 0.1) is 13.8 Å². The predicted molar refractivity (Wildman–Crippen MR) is 89.7 cm³/mol. The molecule has 5 heteroatoms. The highest BCUT2D eigenvalue weighted by Gasteiger charge is 2.26. The fourth-order valence-electron chi connectivity index (χ4n) is 3.31. The number of hydrogen-bond donors (Lipinski definition) is 0. The number of oxazole rings is 1. The molecule has 1 aliphatic rings. The van der Waals surface area contributed by atoms with Gasteiger partial charge in [0.15, 0.2) is 11.5 Å². The zero-order chi connectivity index (χ0) is 15.8. The van der Waals surface area contributed by atoms with Crippen molar-refractivity contribution in [2.45, 2.75) is 32.6 Å². The first-order valence-electron chi connectivity index (χ1n) is 8.12. The quantitative estimate of drug-likeness (QED) is 0.723. The molecule has 0 N–H and O–H groups in total. The van der Waals surface area contributed by atoms with E-state index in [1.165, 1.54) is 0 Å². The van der Waals surface area contributed by atoms with Crippen molar-refractivity contribution in [3.8, 4) is 0 Å². The molecule has 0 amide bonds. The molecule has 1 atom stereocenters. The third kappa shape index (κ3) is 2.79. The van der Waals surface area contributed by atoms with E-state index in [1.807, 2.05) is 38.1 Å². The normalized spacial score (nSPS) is 18.5. The molecular formula is C18H20N4O. The Hall–Kier alpha value is -2.43. The van der Waals surface area contributed by atoms with Crippen LogP contribution in [0.4, 0.5) is 5.82 Å². The summed E-state index contributed by atoms with van der Waals surface area (Å²) in [4.78, 5) is 16.0. The maximum atomic E-state index is 5.97. The number of fused-ring (bicyclic) bond motifs is 1. The predicted octanol–water partition coefficient (Wildman–Crippen LogP) is 3.62. The molecule has 5 nitrogen and oxygen atoms in total. The summed E-state index contributed by atoms with van der Waals surface area (Å²) in [7, 11) is 0. The van der Waals surface area contributed by atoms with Crippen molar-refractivity contribution < 1.29 is 4.42 Å². The van der Waals surface area contributed by atoms with Gasteiger partial charge in [0.2, 0.25) is 0 Å². The van der Waals surface area contributed by atoms with Crippen molar-refractivity contribution in [2.75, 3.05) is 18.0 Å². The van der Waals surface area contributed by atoms with Crippen molar-refractivity contribution in [1.29, 1.82) is 0 Å². The van der Waals surface area contributed by atoms with Gasteiger partial charge in [-0.2, -0.15) is 0 Å². The van der Waals surface area contributed by atoms with Crippen molar-refractivity contribution in [3.05, 3.63) is 47.7 Å². The molecule has 1 aliphatic heterocycles. The molecule has 0 aliphatic carbocycles. The Kier molecular flexibility index (Phi) is 3.48. The Morgan fingerprint density at radius 3 is 2.83 bits per heavy atom. The van der Waals surface area contributed by atoms with Gasteiger partial charge in [-0.15, -0.1) is 0 Å². The van der Waals surface area contributed by atoms with E-state index >= 15 is 0 Å².